The first-order valence-corrected chi connectivity index (χ1v) is 6.86. The minimum atomic E-state index is 0.519. The summed E-state index contributed by atoms with van der Waals surface area (Å²) in [5.74, 6) is 0.973. The Hall–Kier alpha value is -1.74. The van der Waals surface area contributed by atoms with Crippen molar-refractivity contribution in [1.29, 1.82) is 0 Å². The van der Waals surface area contributed by atoms with E-state index >= 15 is 0 Å². The molecule has 2 aliphatic rings. The molecular weight excluding hydrogens is 236 g/mol. The molecule has 3 heterocycles. The smallest absolute Gasteiger partial charge is 0.128 e. The molecule has 1 unspecified atom stereocenters. The van der Waals surface area contributed by atoms with E-state index in [4.69, 9.17) is 4.74 Å². The summed E-state index contributed by atoms with van der Waals surface area (Å²) in [5.41, 5.74) is 4.20. The zero-order valence-electron chi connectivity index (χ0n) is 11.4. The molecule has 0 aliphatic carbocycles. The number of hydrogen-bond acceptors (Lipinski definition) is 2. The molecule has 2 aliphatic heterocycles. The molecule has 1 aromatic carbocycles. The van der Waals surface area contributed by atoms with Crippen LogP contribution in [0.4, 0.5) is 0 Å². The predicted molar refractivity (Wildman–Crippen MR) is 77.5 cm³/mol. The van der Waals surface area contributed by atoms with E-state index in [1.54, 1.807) is 7.11 Å². The highest BCUT2D eigenvalue weighted by molar-refractivity contribution is 5.98. The average Bonchev–Trinajstić information content (AvgIpc) is 2.86. The van der Waals surface area contributed by atoms with Crippen molar-refractivity contribution in [3.63, 3.8) is 0 Å². The summed E-state index contributed by atoms with van der Waals surface area (Å²) in [7, 11) is 3.97. The van der Waals surface area contributed by atoms with Gasteiger partial charge in [-0.2, -0.15) is 0 Å². The maximum absolute atomic E-state index is 5.48. The minimum Gasteiger partial charge on any atom is -0.496 e. The Morgan fingerprint density at radius 1 is 1.26 bits per heavy atom. The highest BCUT2D eigenvalue weighted by atomic mass is 16.5. The van der Waals surface area contributed by atoms with Crippen LogP contribution in [0.15, 0.2) is 30.5 Å². The number of ether oxygens (including phenoxy) is 1. The van der Waals surface area contributed by atoms with Gasteiger partial charge in [-0.1, -0.05) is 6.08 Å². The number of methoxy groups -OCH3 is 1. The van der Waals surface area contributed by atoms with Gasteiger partial charge in [-0.3, -0.25) is 4.90 Å². The van der Waals surface area contributed by atoms with Crippen LogP contribution in [0, 0.1) is 0 Å². The maximum Gasteiger partial charge on any atom is 0.128 e. The molecule has 4 rings (SSSR count). The van der Waals surface area contributed by atoms with Gasteiger partial charge in [0.25, 0.3) is 0 Å². The van der Waals surface area contributed by atoms with Crippen LogP contribution in [0.3, 0.4) is 0 Å². The molecule has 0 saturated carbocycles. The molecular formula is C16H18N2O. The summed E-state index contributed by atoms with van der Waals surface area (Å²) >= 11 is 0. The minimum absolute atomic E-state index is 0.519. The van der Waals surface area contributed by atoms with Gasteiger partial charge in [0.2, 0.25) is 0 Å². The Bertz CT molecular complexity index is 683. The standard InChI is InChI=1S/C16H18N2O/c1-17-8-3-4-11-12-5-6-15(19-2)13-7-9-18(16(12)13)10-14(11)17/h4-7,9,14H,3,8,10H2,1-2H3. The molecule has 0 radical (unpaired) electrons. The predicted octanol–water partition coefficient (Wildman–Crippen LogP) is 2.75. The number of aromatic nitrogens is 1. The fourth-order valence-corrected chi connectivity index (χ4v) is 3.53. The summed E-state index contributed by atoms with van der Waals surface area (Å²) in [6.07, 6.45) is 5.76. The Labute approximate surface area is 113 Å². The van der Waals surface area contributed by atoms with Gasteiger partial charge in [0, 0.05) is 30.2 Å². The lowest BCUT2D eigenvalue weighted by atomic mass is 9.89. The first-order chi connectivity index (χ1) is 9.29. The SMILES string of the molecule is COc1ccc2c3c1ccn3CC1C2=CCCN1C. The molecule has 1 atom stereocenters. The molecule has 19 heavy (non-hydrogen) atoms. The Balaban J connectivity index is 2.01. The van der Waals surface area contributed by atoms with Crippen LogP contribution in [0.5, 0.6) is 5.75 Å². The van der Waals surface area contributed by atoms with Crippen molar-refractivity contribution in [2.24, 2.45) is 0 Å². The zero-order chi connectivity index (χ0) is 13.0. The van der Waals surface area contributed by atoms with Crippen LogP contribution in [-0.2, 0) is 6.54 Å². The van der Waals surface area contributed by atoms with E-state index in [0.717, 1.165) is 25.3 Å². The second kappa shape index (κ2) is 3.87. The summed E-state index contributed by atoms with van der Waals surface area (Å²) in [6.45, 7) is 2.20. The zero-order valence-corrected chi connectivity index (χ0v) is 11.4. The fourth-order valence-electron chi connectivity index (χ4n) is 3.53. The molecule has 0 bridgehead atoms. The fraction of sp³-hybridized carbons (Fsp3) is 0.375. The topological polar surface area (TPSA) is 17.4 Å². The van der Waals surface area contributed by atoms with Crippen molar-refractivity contribution in [1.82, 2.24) is 9.47 Å². The second-order valence-corrected chi connectivity index (χ2v) is 5.49. The first-order valence-electron chi connectivity index (χ1n) is 6.86. The van der Waals surface area contributed by atoms with E-state index in [1.807, 2.05) is 0 Å². The highest BCUT2D eigenvalue weighted by Crippen LogP contribution is 2.40. The van der Waals surface area contributed by atoms with Crippen molar-refractivity contribution in [2.75, 3.05) is 20.7 Å². The Kier molecular flexibility index (Phi) is 2.27. The number of rotatable bonds is 1. The third kappa shape index (κ3) is 1.42. The van der Waals surface area contributed by atoms with Crippen LogP contribution < -0.4 is 4.74 Å². The third-order valence-corrected chi connectivity index (χ3v) is 4.52. The third-order valence-electron chi connectivity index (χ3n) is 4.52. The number of nitrogens with zero attached hydrogens (tertiary/aromatic N) is 2. The van der Waals surface area contributed by atoms with Gasteiger partial charge in [0.05, 0.1) is 18.7 Å². The monoisotopic (exact) mass is 254 g/mol. The lowest BCUT2D eigenvalue weighted by Crippen LogP contribution is -2.41. The van der Waals surface area contributed by atoms with Gasteiger partial charge in [-0.15, -0.1) is 0 Å². The van der Waals surface area contributed by atoms with Crippen molar-refractivity contribution in [3.05, 3.63) is 36.0 Å². The van der Waals surface area contributed by atoms with E-state index in [9.17, 15) is 0 Å². The van der Waals surface area contributed by atoms with E-state index in [-0.39, 0.29) is 0 Å². The van der Waals surface area contributed by atoms with Crippen molar-refractivity contribution < 1.29 is 4.74 Å². The van der Waals surface area contributed by atoms with Crippen molar-refractivity contribution >= 4 is 16.5 Å². The van der Waals surface area contributed by atoms with E-state index in [1.165, 1.54) is 22.0 Å². The summed E-state index contributed by atoms with van der Waals surface area (Å²) in [4.78, 5) is 2.47. The quantitative estimate of drug-likeness (QED) is 0.778. The largest absolute Gasteiger partial charge is 0.496 e. The first kappa shape index (κ1) is 11.1. The van der Waals surface area contributed by atoms with Crippen LogP contribution >= 0.6 is 0 Å². The van der Waals surface area contributed by atoms with Crippen molar-refractivity contribution in [2.45, 2.75) is 19.0 Å². The molecule has 0 spiro atoms. The van der Waals surface area contributed by atoms with E-state index in [0.29, 0.717) is 6.04 Å². The maximum atomic E-state index is 5.48. The molecule has 0 fully saturated rings. The average molecular weight is 254 g/mol. The molecule has 0 amide bonds. The summed E-state index contributed by atoms with van der Waals surface area (Å²) in [5, 5.41) is 1.23. The molecule has 98 valence electrons. The van der Waals surface area contributed by atoms with Crippen LogP contribution in [-0.4, -0.2) is 36.2 Å². The Morgan fingerprint density at radius 3 is 3.00 bits per heavy atom. The number of hydrogen-bond donors (Lipinski definition) is 0. The molecule has 2 aromatic rings. The molecule has 1 aromatic heterocycles. The molecule has 3 heteroatoms. The Morgan fingerprint density at radius 2 is 2.16 bits per heavy atom. The van der Waals surface area contributed by atoms with Crippen molar-refractivity contribution in [3.8, 4) is 5.75 Å². The van der Waals surface area contributed by atoms with Crippen LogP contribution in [0.2, 0.25) is 0 Å². The summed E-state index contributed by atoms with van der Waals surface area (Å²) in [6, 6.07) is 7.01. The molecule has 0 saturated heterocycles. The van der Waals surface area contributed by atoms with Gasteiger partial charge in [-0.05, 0) is 37.2 Å². The lowest BCUT2D eigenvalue weighted by Gasteiger charge is -2.37. The second-order valence-electron chi connectivity index (χ2n) is 5.49. The van der Waals surface area contributed by atoms with Gasteiger partial charge >= 0.3 is 0 Å². The van der Waals surface area contributed by atoms with Gasteiger partial charge in [0.15, 0.2) is 0 Å². The van der Waals surface area contributed by atoms with Gasteiger partial charge in [0.1, 0.15) is 5.75 Å². The van der Waals surface area contributed by atoms with Crippen LogP contribution in [0.25, 0.3) is 16.5 Å². The van der Waals surface area contributed by atoms with Gasteiger partial charge < -0.3 is 9.30 Å². The molecule has 3 nitrogen and oxygen atoms in total. The van der Waals surface area contributed by atoms with E-state index in [2.05, 4.69) is 47.0 Å². The lowest BCUT2D eigenvalue weighted by molar-refractivity contribution is 0.260. The number of fused-ring (bicyclic) bond motifs is 2. The number of likely N-dealkylation sites (N-methyl/N-ethyl adjacent to an activating group) is 1. The normalized spacial score (nSPS) is 22.2. The molecule has 0 N–H and O–H groups in total. The number of benzene rings is 1. The van der Waals surface area contributed by atoms with E-state index < -0.39 is 0 Å². The van der Waals surface area contributed by atoms with Gasteiger partial charge in [-0.25, -0.2) is 0 Å². The highest BCUT2D eigenvalue weighted by Gasteiger charge is 2.30. The van der Waals surface area contributed by atoms with Crippen LogP contribution in [0.1, 0.15) is 12.0 Å². The summed E-state index contributed by atoms with van der Waals surface area (Å²) < 4.78 is 7.85.